The molecule has 1 fully saturated rings. The largest absolute Gasteiger partial charge is 0.505 e. The van der Waals surface area contributed by atoms with Crippen LogP contribution in [0.15, 0.2) is 12.1 Å². The fourth-order valence-electron chi connectivity index (χ4n) is 2.18. The Balaban J connectivity index is 0.00000128. The fourth-order valence-corrected chi connectivity index (χ4v) is 2.18. The lowest BCUT2D eigenvalue weighted by atomic mass is 9.76. The Morgan fingerprint density at radius 2 is 2.00 bits per heavy atom. The van der Waals surface area contributed by atoms with Crippen molar-refractivity contribution < 1.29 is 5.11 Å². The highest BCUT2D eigenvalue weighted by molar-refractivity contribution is 5.85. The van der Waals surface area contributed by atoms with Crippen molar-refractivity contribution in [3.05, 3.63) is 23.3 Å². The summed E-state index contributed by atoms with van der Waals surface area (Å²) in [6.07, 6.45) is 3.57. The number of nitrogen functional groups attached to an aromatic ring is 1. The Kier molecular flexibility index (Phi) is 4.05. The van der Waals surface area contributed by atoms with Gasteiger partial charge in [-0.05, 0) is 37.3 Å². The molecule has 0 bridgehead atoms. The minimum atomic E-state index is -0.0674. The van der Waals surface area contributed by atoms with Crippen molar-refractivity contribution >= 4 is 18.1 Å². The molecule has 3 nitrogen and oxygen atoms in total. The summed E-state index contributed by atoms with van der Waals surface area (Å²) in [5.74, 6) is 0.686. The molecule has 4 heteroatoms. The highest BCUT2D eigenvalue weighted by Gasteiger charge is 2.28. The third kappa shape index (κ3) is 2.11. The molecule has 0 heterocycles. The molecule has 0 spiro atoms. The standard InChI is InChI=1S/C12H18N2O.ClH/c1-7-5-6-9(13)12(15)10(7)11(14)8-3-2-4-8;/h5-6,8,11,15H,2-4,13-14H2,1H3;1H/t11-;/m0./s1. The van der Waals surface area contributed by atoms with Crippen molar-refractivity contribution in [2.75, 3.05) is 5.73 Å². The molecule has 0 amide bonds. The van der Waals surface area contributed by atoms with Crippen LogP contribution in [0, 0.1) is 12.8 Å². The van der Waals surface area contributed by atoms with E-state index < -0.39 is 0 Å². The Morgan fingerprint density at radius 1 is 1.38 bits per heavy atom. The summed E-state index contributed by atoms with van der Waals surface area (Å²) in [5.41, 5.74) is 14.1. The van der Waals surface area contributed by atoms with Crippen LogP contribution < -0.4 is 11.5 Å². The van der Waals surface area contributed by atoms with E-state index in [0.29, 0.717) is 11.6 Å². The van der Waals surface area contributed by atoms with Crippen molar-refractivity contribution in [1.82, 2.24) is 0 Å². The Labute approximate surface area is 102 Å². The lowest BCUT2D eigenvalue weighted by Crippen LogP contribution is -2.27. The van der Waals surface area contributed by atoms with Gasteiger partial charge in [0.2, 0.25) is 0 Å². The van der Waals surface area contributed by atoms with E-state index in [-0.39, 0.29) is 24.2 Å². The van der Waals surface area contributed by atoms with Crippen LogP contribution in [-0.4, -0.2) is 5.11 Å². The number of aromatic hydroxyl groups is 1. The maximum Gasteiger partial charge on any atom is 0.143 e. The predicted molar refractivity (Wildman–Crippen MR) is 68.8 cm³/mol. The van der Waals surface area contributed by atoms with E-state index in [1.165, 1.54) is 6.42 Å². The van der Waals surface area contributed by atoms with Gasteiger partial charge in [0.05, 0.1) is 5.69 Å². The summed E-state index contributed by atoms with van der Waals surface area (Å²) in [6, 6.07) is 3.58. The van der Waals surface area contributed by atoms with Gasteiger partial charge in [0.15, 0.2) is 0 Å². The summed E-state index contributed by atoms with van der Waals surface area (Å²) in [5, 5.41) is 9.91. The van der Waals surface area contributed by atoms with Gasteiger partial charge < -0.3 is 16.6 Å². The lowest BCUT2D eigenvalue weighted by Gasteiger charge is -2.32. The van der Waals surface area contributed by atoms with Gasteiger partial charge >= 0.3 is 0 Å². The first-order valence-corrected chi connectivity index (χ1v) is 5.44. The van der Waals surface area contributed by atoms with Crippen molar-refractivity contribution in [2.45, 2.75) is 32.2 Å². The highest BCUT2D eigenvalue weighted by atomic mass is 35.5. The zero-order chi connectivity index (χ0) is 11.0. The third-order valence-electron chi connectivity index (χ3n) is 3.46. The molecule has 1 atom stereocenters. The zero-order valence-corrected chi connectivity index (χ0v) is 10.3. The minimum absolute atomic E-state index is 0. The Morgan fingerprint density at radius 3 is 2.50 bits per heavy atom. The summed E-state index contributed by atoms with van der Waals surface area (Å²) in [4.78, 5) is 0. The molecule has 0 unspecified atom stereocenters. The minimum Gasteiger partial charge on any atom is -0.505 e. The number of hydrogen-bond acceptors (Lipinski definition) is 3. The SMILES string of the molecule is Cc1ccc(N)c(O)c1[C@@H](N)C1CCC1.Cl. The maximum atomic E-state index is 9.91. The number of benzene rings is 1. The summed E-state index contributed by atoms with van der Waals surface area (Å²) in [6.45, 7) is 1.97. The second kappa shape index (κ2) is 4.93. The summed E-state index contributed by atoms with van der Waals surface area (Å²) in [7, 11) is 0. The maximum absolute atomic E-state index is 9.91. The Bertz CT molecular complexity index is 378. The molecule has 0 aromatic heterocycles. The highest BCUT2D eigenvalue weighted by Crippen LogP contribution is 2.41. The normalized spacial score (nSPS) is 17.4. The van der Waals surface area contributed by atoms with Gasteiger partial charge in [0, 0.05) is 11.6 Å². The topological polar surface area (TPSA) is 72.3 Å². The number of phenolic OH excluding ortho intramolecular Hbond substituents is 1. The first-order valence-electron chi connectivity index (χ1n) is 5.44. The molecular formula is C12H19ClN2O. The number of anilines is 1. The van der Waals surface area contributed by atoms with E-state index in [0.717, 1.165) is 24.0 Å². The van der Waals surface area contributed by atoms with Crippen LogP contribution in [0.1, 0.15) is 36.4 Å². The van der Waals surface area contributed by atoms with Gasteiger partial charge in [0.1, 0.15) is 5.75 Å². The third-order valence-corrected chi connectivity index (χ3v) is 3.46. The van der Waals surface area contributed by atoms with Crippen LogP contribution in [0.5, 0.6) is 5.75 Å². The van der Waals surface area contributed by atoms with Crippen LogP contribution in [0.3, 0.4) is 0 Å². The molecule has 1 aliphatic carbocycles. The molecule has 1 aliphatic rings. The molecule has 5 N–H and O–H groups in total. The number of aryl methyl sites for hydroxylation is 1. The first kappa shape index (κ1) is 13.1. The molecular weight excluding hydrogens is 224 g/mol. The molecule has 1 aromatic carbocycles. The van der Waals surface area contributed by atoms with Gasteiger partial charge in [-0.25, -0.2) is 0 Å². The zero-order valence-electron chi connectivity index (χ0n) is 9.44. The second-order valence-electron chi connectivity index (χ2n) is 4.45. The van der Waals surface area contributed by atoms with E-state index in [1.807, 2.05) is 13.0 Å². The van der Waals surface area contributed by atoms with Crippen LogP contribution in [0.2, 0.25) is 0 Å². The van der Waals surface area contributed by atoms with E-state index >= 15 is 0 Å². The van der Waals surface area contributed by atoms with Crippen molar-refractivity contribution in [1.29, 1.82) is 0 Å². The average molecular weight is 243 g/mol. The fraction of sp³-hybridized carbons (Fsp3) is 0.500. The number of rotatable bonds is 2. The summed E-state index contributed by atoms with van der Waals surface area (Å²) >= 11 is 0. The first-order chi connectivity index (χ1) is 7.11. The van der Waals surface area contributed by atoms with Crippen LogP contribution in [-0.2, 0) is 0 Å². The predicted octanol–water partition coefficient (Wildman–Crippen LogP) is 2.50. The molecule has 0 saturated heterocycles. The molecule has 90 valence electrons. The van der Waals surface area contributed by atoms with Gasteiger partial charge in [-0.3, -0.25) is 0 Å². The molecule has 0 aliphatic heterocycles. The van der Waals surface area contributed by atoms with Crippen LogP contribution in [0.25, 0.3) is 0 Å². The Hall–Kier alpha value is -0.930. The van der Waals surface area contributed by atoms with Gasteiger partial charge in [-0.2, -0.15) is 0 Å². The van der Waals surface area contributed by atoms with Crippen LogP contribution in [0.4, 0.5) is 5.69 Å². The van der Waals surface area contributed by atoms with E-state index in [1.54, 1.807) is 6.07 Å². The lowest BCUT2D eigenvalue weighted by molar-refractivity contribution is 0.260. The smallest absolute Gasteiger partial charge is 0.143 e. The van der Waals surface area contributed by atoms with Crippen molar-refractivity contribution in [3.8, 4) is 5.75 Å². The number of nitrogens with two attached hydrogens (primary N) is 2. The van der Waals surface area contributed by atoms with Crippen molar-refractivity contribution in [3.63, 3.8) is 0 Å². The quantitative estimate of drug-likeness (QED) is 0.551. The van der Waals surface area contributed by atoms with Gasteiger partial charge in [-0.1, -0.05) is 12.5 Å². The molecule has 0 radical (unpaired) electrons. The molecule has 2 rings (SSSR count). The van der Waals surface area contributed by atoms with Gasteiger partial charge in [0.25, 0.3) is 0 Å². The monoisotopic (exact) mass is 242 g/mol. The molecule has 16 heavy (non-hydrogen) atoms. The number of halogens is 1. The number of hydrogen-bond donors (Lipinski definition) is 3. The number of phenols is 1. The van der Waals surface area contributed by atoms with E-state index in [9.17, 15) is 5.11 Å². The second-order valence-corrected chi connectivity index (χ2v) is 4.45. The summed E-state index contributed by atoms with van der Waals surface area (Å²) < 4.78 is 0. The average Bonchev–Trinajstić information content (AvgIpc) is 2.09. The molecule has 1 saturated carbocycles. The van der Waals surface area contributed by atoms with E-state index in [4.69, 9.17) is 11.5 Å². The van der Waals surface area contributed by atoms with Crippen LogP contribution >= 0.6 is 12.4 Å². The van der Waals surface area contributed by atoms with Crippen molar-refractivity contribution in [2.24, 2.45) is 11.7 Å². The van der Waals surface area contributed by atoms with E-state index in [2.05, 4.69) is 0 Å². The molecule has 1 aromatic rings. The van der Waals surface area contributed by atoms with Gasteiger partial charge in [-0.15, -0.1) is 12.4 Å².